The zero-order valence-electron chi connectivity index (χ0n) is 11.0. The van der Waals surface area contributed by atoms with Gasteiger partial charge in [-0.05, 0) is 18.6 Å². The first-order valence-electron chi connectivity index (χ1n) is 6.29. The predicted molar refractivity (Wildman–Crippen MR) is 77.6 cm³/mol. The molecule has 20 heavy (non-hydrogen) atoms. The molecular weight excluding hydrogens is 274 g/mol. The van der Waals surface area contributed by atoms with Crippen LogP contribution in [0.4, 0.5) is 10.7 Å². The number of rotatable bonds is 2. The van der Waals surface area contributed by atoms with E-state index in [0.29, 0.717) is 18.4 Å². The maximum Gasteiger partial charge on any atom is 0.339 e. The van der Waals surface area contributed by atoms with Gasteiger partial charge in [0.05, 0.1) is 12.7 Å². The maximum atomic E-state index is 12.2. The van der Waals surface area contributed by atoms with Crippen molar-refractivity contribution in [3.63, 3.8) is 0 Å². The van der Waals surface area contributed by atoms with E-state index in [1.54, 1.807) is 10.3 Å². The van der Waals surface area contributed by atoms with Crippen LogP contribution >= 0.6 is 11.3 Å². The number of benzene rings is 1. The number of anilines is 2. The average molecular weight is 287 g/mol. The number of nitrogens with zero attached hydrogens (tertiary/aromatic N) is 1. The summed E-state index contributed by atoms with van der Waals surface area (Å²) >= 11 is 1.41. The molecule has 0 bridgehead atoms. The molecule has 3 rings (SSSR count). The number of esters is 1. The van der Waals surface area contributed by atoms with E-state index in [4.69, 9.17) is 4.74 Å². The Morgan fingerprint density at radius 3 is 2.70 bits per heavy atom. The largest absolute Gasteiger partial charge is 0.465 e. The van der Waals surface area contributed by atoms with Gasteiger partial charge in [0, 0.05) is 23.1 Å². The lowest BCUT2D eigenvalue weighted by atomic mass is 10.0. The highest BCUT2D eigenvalue weighted by molar-refractivity contribution is 7.15. The molecule has 0 atom stereocenters. The van der Waals surface area contributed by atoms with E-state index in [-0.39, 0.29) is 11.9 Å². The van der Waals surface area contributed by atoms with Crippen LogP contribution in [0.15, 0.2) is 35.7 Å². The van der Waals surface area contributed by atoms with Crippen molar-refractivity contribution >= 4 is 33.9 Å². The third kappa shape index (κ3) is 2.00. The number of ether oxygens (including phenoxy) is 1. The predicted octanol–water partition coefficient (Wildman–Crippen LogP) is 3.15. The van der Waals surface area contributed by atoms with Gasteiger partial charge in [0.1, 0.15) is 5.00 Å². The number of para-hydroxylation sites is 1. The molecule has 0 unspecified atom stereocenters. The molecular formula is C15H13NO3S. The zero-order chi connectivity index (χ0) is 14.1. The molecule has 0 aliphatic carbocycles. The third-order valence-electron chi connectivity index (χ3n) is 3.33. The number of carbonyl (C=O) groups is 2. The second-order valence-electron chi connectivity index (χ2n) is 4.49. The smallest absolute Gasteiger partial charge is 0.339 e. The molecule has 4 nitrogen and oxygen atoms in total. The van der Waals surface area contributed by atoms with E-state index in [2.05, 4.69) is 0 Å². The van der Waals surface area contributed by atoms with Gasteiger partial charge in [0.15, 0.2) is 0 Å². The number of carbonyl (C=O) groups excluding carboxylic acids is 2. The van der Waals surface area contributed by atoms with E-state index >= 15 is 0 Å². The molecule has 0 N–H and O–H groups in total. The molecule has 5 heteroatoms. The second kappa shape index (κ2) is 5.09. The molecule has 0 radical (unpaired) electrons. The van der Waals surface area contributed by atoms with Gasteiger partial charge >= 0.3 is 5.97 Å². The number of amides is 1. The lowest BCUT2D eigenvalue weighted by Gasteiger charge is -2.27. The molecule has 102 valence electrons. The zero-order valence-corrected chi connectivity index (χ0v) is 11.8. The van der Waals surface area contributed by atoms with Crippen molar-refractivity contribution in [2.45, 2.75) is 12.8 Å². The molecule has 2 aromatic rings. The van der Waals surface area contributed by atoms with Crippen LogP contribution in [0.25, 0.3) is 0 Å². The molecule has 0 saturated carbocycles. The Labute approximate surface area is 120 Å². The van der Waals surface area contributed by atoms with Crippen LogP contribution in [0, 0.1) is 0 Å². The van der Waals surface area contributed by atoms with Crippen LogP contribution in [0.3, 0.4) is 0 Å². The van der Waals surface area contributed by atoms with Crippen LogP contribution in [0.5, 0.6) is 0 Å². The summed E-state index contributed by atoms with van der Waals surface area (Å²) in [6.45, 7) is 0. The first-order valence-corrected chi connectivity index (χ1v) is 7.17. The highest BCUT2D eigenvalue weighted by atomic mass is 32.1. The Hall–Kier alpha value is -2.14. The first kappa shape index (κ1) is 12.9. The van der Waals surface area contributed by atoms with Crippen molar-refractivity contribution in [1.82, 2.24) is 0 Å². The molecule has 0 fully saturated rings. The Morgan fingerprint density at radius 2 is 2.00 bits per heavy atom. The van der Waals surface area contributed by atoms with Crippen molar-refractivity contribution in [3.8, 4) is 0 Å². The summed E-state index contributed by atoms with van der Waals surface area (Å²) in [7, 11) is 1.37. The summed E-state index contributed by atoms with van der Waals surface area (Å²) in [5.41, 5.74) is 2.31. The van der Waals surface area contributed by atoms with Gasteiger partial charge in [-0.3, -0.25) is 9.69 Å². The third-order valence-corrected chi connectivity index (χ3v) is 4.34. The number of thiophene rings is 1. The van der Waals surface area contributed by atoms with Gasteiger partial charge in [0.25, 0.3) is 0 Å². The molecule has 0 saturated heterocycles. The molecule has 1 aliphatic heterocycles. The molecule has 2 heterocycles. The SMILES string of the molecule is COC(=O)c1csc2c1CCC(=O)N2c1ccccc1. The van der Waals surface area contributed by atoms with Crippen LogP contribution in [-0.2, 0) is 16.0 Å². The fourth-order valence-corrected chi connectivity index (χ4v) is 3.51. The first-order chi connectivity index (χ1) is 9.72. The fourth-order valence-electron chi connectivity index (χ4n) is 2.38. The summed E-state index contributed by atoms with van der Waals surface area (Å²) in [4.78, 5) is 25.7. The van der Waals surface area contributed by atoms with Crippen LogP contribution < -0.4 is 4.90 Å². The fraction of sp³-hybridized carbons (Fsp3) is 0.200. The normalized spacial score (nSPS) is 14.1. The number of hydrogen-bond donors (Lipinski definition) is 0. The topological polar surface area (TPSA) is 46.6 Å². The maximum absolute atomic E-state index is 12.2. The Morgan fingerprint density at radius 1 is 1.25 bits per heavy atom. The standard InChI is InChI=1S/C15H13NO3S/c1-19-15(18)12-9-20-14-11(12)7-8-13(17)16(14)10-5-3-2-4-6-10/h2-6,9H,7-8H2,1H3. The average Bonchev–Trinajstić information content (AvgIpc) is 2.91. The summed E-state index contributed by atoms with van der Waals surface area (Å²) in [6.07, 6.45) is 0.994. The van der Waals surface area contributed by atoms with Crippen LogP contribution in [0.1, 0.15) is 22.3 Å². The molecule has 0 spiro atoms. The summed E-state index contributed by atoms with van der Waals surface area (Å²) in [5.74, 6) is -0.285. The van der Waals surface area contributed by atoms with Crippen LogP contribution in [-0.4, -0.2) is 19.0 Å². The van der Waals surface area contributed by atoms with Gasteiger partial charge in [-0.1, -0.05) is 18.2 Å². The van der Waals surface area contributed by atoms with E-state index in [9.17, 15) is 9.59 Å². The van der Waals surface area contributed by atoms with Crippen molar-refractivity contribution < 1.29 is 14.3 Å². The van der Waals surface area contributed by atoms with Gasteiger partial charge in [-0.2, -0.15) is 0 Å². The monoisotopic (exact) mass is 287 g/mol. The Bertz CT molecular complexity index is 663. The van der Waals surface area contributed by atoms with Gasteiger partial charge in [0.2, 0.25) is 5.91 Å². The summed E-state index contributed by atoms with van der Waals surface area (Å²) in [5, 5.41) is 2.60. The second-order valence-corrected chi connectivity index (χ2v) is 5.35. The van der Waals surface area contributed by atoms with Gasteiger partial charge < -0.3 is 4.74 Å². The highest BCUT2D eigenvalue weighted by Gasteiger charge is 2.30. The number of methoxy groups -OCH3 is 1. The van der Waals surface area contributed by atoms with E-state index in [0.717, 1.165) is 16.3 Å². The van der Waals surface area contributed by atoms with E-state index in [1.807, 2.05) is 30.3 Å². The minimum absolute atomic E-state index is 0.0574. The molecule has 1 aromatic heterocycles. The van der Waals surface area contributed by atoms with Crippen molar-refractivity contribution in [3.05, 3.63) is 46.8 Å². The molecule has 1 aliphatic rings. The minimum atomic E-state index is -0.343. The number of hydrogen-bond acceptors (Lipinski definition) is 4. The number of fused-ring (bicyclic) bond motifs is 1. The van der Waals surface area contributed by atoms with Gasteiger partial charge in [-0.25, -0.2) is 4.79 Å². The van der Waals surface area contributed by atoms with Crippen molar-refractivity contribution in [2.24, 2.45) is 0 Å². The van der Waals surface area contributed by atoms with E-state index in [1.165, 1.54) is 18.4 Å². The van der Waals surface area contributed by atoms with E-state index < -0.39 is 0 Å². The Balaban J connectivity index is 2.09. The quantitative estimate of drug-likeness (QED) is 0.797. The van der Waals surface area contributed by atoms with Crippen molar-refractivity contribution in [1.29, 1.82) is 0 Å². The van der Waals surface area contributed by atoms with Gasteiger partial charge in [-0.15, -0.1) is 11.3 Å². The minimum Gasteiger partial charge on any atom is -0.465 e. The molecule has 1 amide bonds. The van der Waals surface area contributed by atoms with Crippen molar-refractivity contribution in [2.75, 3.05) is 12.0 Å². The highest BCUT2D eigenvalue weighted by Crippen LogP contribution is 2.40. The lowest BCUT2D eigenvalue weighted by molar-refractivity contribution is -0.118. The molecule has 1 aromatic carbocycles. The summed E-state index contributed by atoms with van der Waals surface area (Å²) < 4.78 is 4.79. The summed E-state index contributed by atoms with van der Waals surface area (Å²) in [6, 6.07) is 9.49. The Kier molecular flexibility index (Phi) is 3.28. The lowest BCUT2D eigenvalue weighted by Crippen LogP contribution is -2.30. The van der Waals surface area contributed by atoms with Crippen LogP contribution in [0.2, 0.25) is 0 Å².